The second-order valence-corrected chi connectivity index (χ2v) is 7.12. The summed E-state index contributed by atoms with van der Waals surface area (Å²) in [6, 6.07) is 13.5. The van der Waals surface area contributed by atoms with Crippen molar-refractivity contribution in [3.63, 3.8) is 0 Å². The van der Waals surface area contributed by atoms with Crippen molar-refractivity contribution in [3.8, 4) is 5.75 Å². The van der Waals surface area contributed by atoms with Gasteiger partial charge < -0.3 is 4.74 Å². The Kier molecular flexibility index (Phi) is 5.59. The van der Waals surface area contributed by atoms with Crippen molar-refractivity contribution in [3.05, 3.63) is 42.0 Å². The van der Waals surface area contributed by atoms with E-state index in [1.54, 1.807) is 0 Å². The molecule has 1 aliphatic rings. The predicted molar refractivity (Wildman–Crippen MR) is 99.3 cm³/mol. The van der Waals surface area contributed by atoms with Crippen LogP contribution in [0.2, 0.25) is 0 Å². The lowest BCUT2D eigenvalue weighted by molar-refractivity contribution is 0.308. The summed E-state index contributed by atoms with van der Waals surface area (Å²) >= 11 is 0. The average Bonchev–Trinajstić information content (AvgIpc) is 2.60. The van der Waals surface area contributed by atoms with Gasteiger partial charge in [-0.2, -0.15) is 0 Å². The summed E-state index contributed by atoms with van der Waals surface area (Å²) in [4.78, 5) is 0. The van der Waals surface area contributed by atoms with Gasteiger partial charge in [-0.05, 0) is 72.4 Å². The fourth-order valence-electron chi connectivity index (χ4n) is 4.00. The molecule has 0 bridgehead atoms. The molecular formula is C22H30O. The van der Waals surface area contributed by atoms with E-state index < -0.39 is 0 Å². The molecular weight excluding hydrogens is 280 g/mol. The summed E-state index contributed by atoms with van der Waals surface area (Å²) in [5.74, 6) is 2.74. The Labute approximate surface area is 141 Å². The molecule has 0 radical (unpaired) electrons. The molecule has 1 saturated carbocycles. The summed E-state index contributed by atoms with van der Waals surface area (Å²) < 4.78 is 5.74. The molecule has 0 N–H and O–H groups in total. The molecule has 3 rings (SSSR count). The van der Waals surface area contributed by atoms with Crippen molar-refractivity contribution in [2.24, 2.45) is 5.92 Å². The van der Waals surface area contributed by atoms with Crippen LogP contribution in [0.3, 0.4) is 0 Å². The van der Waals surface area contributed by atoms with E-state index in [4.69, 9.17) is 4.74 Å². The first-order valence-corrected chi connectivity index (χ1v) is 9.46. The molecule has 124 valence electrons. The maximum atomic E-state index is 5.74. The highest BCUT2D eigenvalue weighted by Gasteiger charge is 2.21. The lowest BCUT2D eigenvalue weighted by Gasteiger charge is -2.28. The van der Waals surface area contributed by atoms with Crippen molar-refractivity contribution in [1.29, 1.82) is 0 Å². The zero-order chi connectivity index (χ0) is 16.1. The maximum absolute atomic E-state index is 5.74. The van der Waals surface area contributed by atoms with Gasteiger partial charge in [-0.1, -0.05) is 51.0 Å². The molecule has 0 unspecified atom stereocenters. The van der Waals surface area contributed by atoms with E-state index in [9.17, 15) is 0 Å². The van der Waals surface area contributed by atoms with E-state index >= 15 is 0 Å². The molecule has 0 aromatic heterocycles. The zero-order valence-electron chi connectivity index (χ0n) is 14.7. The van der Waals surface area contributed by atoms with Crippen molar-refractivity contribution in [2.75, 3.05) is 6.61 Å². The highest BCUT2D eigenvalue weighted by atomic mass is 16.5. The van der Waals surface area contributed by atoms with Crippen LogP contribution in [0.15, 0.2) is 36.4 Å². The quantitative estimate of drug-likeness (QED) is 0.576. The third-order valence-electron chi connectivity index (χ3n) is 5.32. The number of hydrogen-bond donors (Lipinski definition) is 0. The van der Waals surface area contributed by atoms with Gasteiger partial charge in [0, 0.05) is 0 Å². The SMILES string of the molecule is CCCOc1ccc2cc(C3CCC(CCC)CC3)ccc2c1. The Morgan fingerprint density at radius 1 is 0.870 bits per heavy atom. The molecule has 1 aliphatic carbocycles. The monoisotopic (exact) mass is 310 g/mol. The molecule has 1 fully saturated rings. The van der Waals surface area contributed by atoms with Crippen LogP contribution in [0.1, 0.15) is 70.3 Å². The molecule has 1 heteroatoms. The Bertz CT molecular complexity index is 623. The third-order valence-corrected chi connectivity index (χ3v) is 5.32. The van der Waals surface area contributed by atoms with Crippen LogP contribution in [-0.2, 0) is 0 Å². The molecule has 0 amide bonds. The van der Waals surface area contributed by atoms with Gasteiger partial charge in [0.15, 0.2) is 0 Å². The van der Waals surface area contributed by atoms with Crippen LogP contribution < -0.4 is 4.74 Å². The minimum Gasteiger partial charge on any atom is -0.494 e. The normalized spacial score (nSPS) is 21.5. The first kappa shape index (κ1) is 16.4. The largest absolute Gasteiger partial charge is 0.494 e. The van der Waals surface area contributed by atoms with Gasteiger partial charge in [0.1, 0.15) is 5.75 Å². The van der Waals surface area contributed by atoms with E-state index in [0.717, 1.165) is 30.6 Å². The van der Waals surface area contributed by atoms with Crippen LogP contribution in [0.25, 0.3) is 10.8 Å². The second kappa shape index (κ2) is 7.86. The molecule has 0 aliphatic heterocycles. The van der Waals surface area contributed by atoms with Gasteiger partial charge in [-0.3, -0.25) is 0 Å². The number of rotatable bonds is 6. The van der Waals surface area contributed by atoms with Crippen LogP contribution in [0.5, 0.6) is 5.75 Å². The lowest BCUT2D eigenvalue weighted by Crippen LogP contribution is -2.13. The molecule has 0 atom stereocenters. The Balaban J connectivity index is 1.71. The number of fused-ring (bicyclic) bond motifs is 1. The van der Waals surface area contributed by atoms with Gasteiger partial charge in [0.25, 0.3) is 0 Å². The van der Waals surface area contributed by atoms with E-state index in [1.807, 2.05) is 0 Å². The van der Waals surface area contributed by atoms with Crippen LogP contribution >= 0.6 is 0 Å². The highest BCUT2D eigenvalue weighted by molar-refractivity contribution is 5.84. The first-order chi connectivity index (χ1) is 11.3. The first-order valence-electron chi connectivity index (χ1n) is 9.46. The highest BCUT2D eigenvalue weighted by Crippen LogP contribution is 2.38. The van der Waals surface area contributed by atoms with E-state index in [-0.39, 0.29) is 0 Å². The van der Waals surface area contributed by atoms with Gasteiger partial charge in [-0.15, -0.1) is 0 Å². The summed E-state index contributed by atoms with van der Waals surface area (Å²) in [7, 11) is 0. The molecule has 0 saturated heterocycles. The van der Waals surface area contributed by atoms with E-state index in [0.29, 0.717) is 0 Å². The van der Waals surface area contributed by atoms with Crippen LogP contribution in [0.4, 0.5) is 0 Å². The fraction of sp³-hybridized carbons (Fsp3) is 0.545. The van der Waals surface area contributed by atoms with Gasteiger partial charge in [-0.25, -0.2) is 0 Å². The maximum Gasteiger partial charge on any atom is 0.119 e. The Hall–Kier alpha value is -1.50. The summed E-state index contributed by atoms with van der Waals surface area (Å²) in [6.07, 6.45) is 9.39. The second-order valence-electron chi connectivity index (χ2n) is 7.12. The molecule has 23 heavy (non-hydrogen) atoms. The van der Waals surface area contributed by atoms with Gasteiger partial charge in [0.05, 0.1) is 6.61 Å². The topological polar surface area (TPSA) is 9.23 Å². The predicted octanol–water partition coefficient (Wildman–Crippen LogP) is 6.70. The number of hydrogen-bond acceptors (Lipinski definition) is 1. The lowest BCUT2D eigenvalue weighted by atomic mass is 9.77. The Morgan fingerprint density at radius 3 is 2.35 bits per heavy atom. The molecule has 0 spiro atoms. The van der Waals surface area contributed by atoms with Gasteiger partial charge >= 0.3 is 0 Å². The van der Waals surface area contributed by atoms with E-state index in [1.165, 1.54) is 54.9 Å². The zero-order valence-corrected chi connectivity index (χ0v) is 14.7. The summed E-state index contributed by atoms with van der Waals surface area (Å²) in [5, 5.41) is 2.64. The fourth-order valence-corrected chi connectivity index (χ4v) is 4.00. The van der Waals surface area contributed by atoms with Crippen molar-refractivity contribution >= 4 is 10.8 Å². The molecule has 2 aromatic rings. The summed E-state index contributed by atoms with van der Waals surface area (Å²) in [6.45, 7) is 5.25. The van der Waals surface area contributed by atoms with Crippen LogP contribution in [-0.4, -0.2) is 6.61 Å². The van der Waals surface area contributed by atoms with E-state index in [2.05, 4.69) is 50.2 Å². The van der Waals surface area contributed by atoms with Crippen LogP contribution in [0, 0.1) is 5.92 Å². The smallest absolute Gasteiger partial charge is 0.119 e. The average molecular weight is 310 g/mol. The molecule has 2 aromatic carbocycles. The van der Waals surface area contributed by atoms with Crippen molar-refractivity contribution < 1.29 is 4.74 Å². The number of ether oxygens (including phenoxy) is 1. The standard InChI is InChI=1S/C22H30O/c1-3-5-17-6-8-18(9-7-17)19-10-11-21-16-22(23-14-4-2)13-12-20(21)15-19/h10-13,15-18H,3-9,14H2,1-2H3. The van der Waals surface area contributed by atoms with Gasteiger partial charge in [0.2, 0.25) is 0 Å². The number of benzene rings is 2. The Morgan fingerprint density at radius 2 is 1.61 bits per heavy atom. The summed E-state index contributed by atoms with van der Waals surface area (Å²) in [5.41, 5.74) is 1.54. The molecule has 1 nitrogen and oxygen atoms in total. The third kappa shape index (κ3) is 4.07. The molecule has 0 heterocycles. The minimum absolute atomic E-state index is 0.767. The minimum atomic E-state index is 0.767. The van der Waals surface area contributed by atoms with Crippen molar-refractivity contribution in [2.45, 2.75) is 64.7 Å². The van der Waals surface area contributed by atoms with Crippen molar-refractivity contribution in [1.82, 2.24) is 0 Å².